The van der Waals surface area contributed by atoms with Crippen molar-refractivity contribution in [2.75, 3.05) is 43.5 Å². The third kappa shape index (κ3) is 4.69. The maximum atomic E-state index is 12.1. The lowest BCUT2D eigenvalue weighted by Gasteiger charge is -2.26. The molecule has 0 spiro atoms. The molecule has 2 fully saturated rings. The van der Waals surface area contributed by atoms with Crippen LogP contribution >= 0.6 is 10.7 Å². The molecule has 2 aliphatic heterocycles. The van der Waals surface area contributed by atoms with Crippen LogP contribution in [0.2, 0.25) is 0 Å². The second kappa shape index (κ2) is 7.39. The van der Waals surface area contributed by atoms with E-state index in [1.165, 1.54) is 5.56 Å². The van der Waals surface area contributed by atoms with Crippen molar-refractivity contribution in [3.8, 4) is 0 Å². The largest absolute Gasteiger partial charge is 0.379 e. The summed E-state index contributed by atoms with van der Waals surface area (Å²) in [5, 5.41) is 0. The number of ether oxygens (including phenoxy) is 1. The Morgan fingerprint density at radius 2 is 1.83 bits per heavy atom. The van der Waals surface area contributed by atoms with Crippen LogP contribution in [0.25, 0.3) is 0 Å². The number of carbonyl (C=O) groups is 1. The molecule has 0 saturated carbocycles. The molecule has 0 N–H and O–H groups in total. The Hall–Kier alpha value is -1.15. The fraction of sp³-hybridized carbons (Fsp3) is 0.562. The van der Waals surface area contributed by atoms with Crippen LogP contribution in [0.5, 0.6) is 0 Å². The van der Waals surface area contributed by atoms with Crippen LogP contribution in [0.3, 0.4) is 0 Å². The molecule has 1 aromatic carbocycles. The normalized spacial score (nSPS) is 23.0. The minimum absolute atomic E-state index is 0.0544. The molecule has 2 heterocycles. The summed E-state index contributed by atoms with van der Waals surface area (Å²) in [5.41, 5.74) is 1.99. The van der Waals surface area contributed by atoms with Crippen LogP contribution in [-0.4, -0.2) is 57.8 Å². The number of morpholine rings is 1. The summed E-state index contributed by atoms with van der Waals surface area (Å²) in [6.45, 7) is 4.66. The van der Waals surface area contributed by atoms with Crippen LogP contribution in [0, 0.1) is 5.92 Å². The summed E-state index contributed by atoms with van der Waals surface area (Å²) in [6, 6.07) is 7.88. The second-order valence-electron chi connectivity index (χ2n) is 6.33. The van der Waals surface area contributed by atoms with Gasteiger partial charge in [0.25, 0.3) is 0 Å². The highest BCUT2D eigenvalue weighted by atomic mass is 35.7. The first-order valence-electron chi connectivity index (χ1n) is 8.02. The van der Waals surface area contributed by atoms with E-state index in [0.717, 1.165) is 38.5 Å². The van der Waals surface area contributed by atoms with E-state index in [1.54, 1.807) is 4.90 Å². The van der Waals surface area contributed by atoms with Gasteiger partial charge in [0, 0.05) is 54.9 Å². The maximum Gasteiger partial charge on any atom is 0.232 e. The highest BCUT2D eigenvalue weighted by Crippen LogP contribution is 2.27. The van der Waals surface area contributed by atoms with Crippen molar-refractivity contribution in [2.45, 2.75) is 13.0 Å². The van der Waals surface area contributed by atoms with E-state index in [2.05, 4.69) is 4.90 Å². The van der Waals surface area contributed by atoms with Gasteiger partial charge in [-0.25, -0.2) is 8.42 Å². The van der Waals surface area contributed by atoms with Gasteiger partial charge in [-0.2, -0.15) is 0 Å². The van der Waals surface area contributed by atoms with E-state index in [-0.39, 0.29) is 24.0 Å². The van der Waals surface area contributed by atoms with Gasteiger partial charge in [-0.15, -0.1) is 0 Å². The summed E-state index contributed by atoms with van der Waals surface area (Å²) in [6.07, 6.45) is 0.224. The van der Waals surface area contributed by atoms with Gasteiger partial charge in [0.2, 0.25) is 15.0 Å². The number of hydrogen-bond donors (Lipinski definition) is 0. The summed E-state index contributed by atoms with van der Waals surface area (Å²) in [5.74, 6) is -0.458. The average molecular weight is 373 g/mol. The van der Waals surface area contributed by atoms with Crippen molar-refractivity contribution in [3.63, 3.8) is 0 Å². The van der Waals surface area contributed by atoms with Crippen molar-refractivity contribution in [2.24, 2.45) is 5.92 Å². The Balaban J connectivity index is 1.61. The van der Waals surface area contributed by atoms with Crippen LogP contribution in [0.4, 0.5) is 5.69 Å². The van der Waals surface area contributed by atoms with E-state index in [9.17, 15) is 13.2 Å². The molecule has 1 unspecified atom stereocenters. The Kier molecular flexibility index (Phi) is 5.44. The number of rotatable bonds is 5. The SMILES string of the molecule is O=C1CC(CS(=O)(=O)Cl)CN1c1ccc(CN2CCOCC2)cc1. The van der Waals surface area contributed by atoms with Crippen molar-refractivity contribution in [1.82, 2.24) is 4.90 Å². The highest BCUT2D eigenvalue weighted by Gasteiger charge is 2.33. The topological polar surface area (TPSA) is 66.9 Å². The molecule has 8 heteroatoms. The maximum absolute atomic E-state index is 12.1. The van der Waals surface area contributed by atoms with E-state index < -0.39 is 9.05 Å². The van der Waals surface area contributed by atoms with Crippen LogP contribution in [0.15, 0.2) is 24.3 Å². The quantitative estimate of drug-likeness (QED) is 0.732. The summed E-state index contributed by atoms with van der Waals surface area (Å²) >= 11 is 0. The molecule has 0 bridgehead atoms. The fourth-order valence-corrected chi connectivity index (χ4v) is 4.54. The minimum atomic E-state index is -3.58. The van der Waals surface area contributed by atoms with Gasteiger partial charge in [0.05, 0.1) is 19.0 Å². The second-order valence-corrected chi connectivity index (χ2v) is 9.16. The molecular formula is C16H21ClN2O4S. The van der Waals surface area contributed by atoms with Crippen LogP contribution < -0.4 is 4.90 Å². The Labute approximate surface area is 146 Å². The number of nitrogens with zero attached hydrogens (tertiary/aromatic N) is 2. The van der Waals surface area contributed by atoms with Gasteiger partial charge in [-0.3, -0.25) is 9.69 Å². The van der Waals surface area contributed by atoms with E-state index in [1.807, 2.05) is 24.3 Å². The fourth-order valence-electron chi connectivity index (χ4n) is 3.22. The molecule has 1 aromatic rings. The van der Waals surface area contributed by atoms with Crippen LogP contribution in [0.1, 0.15) is 12.0 Å². The standard InChI is InChI=1S/C16H21ClN2O4S/c17-24(21,22)12-14-9-16(20)19(11-14)15-3-1-13(2-4-15)10-18-5-7-23-8-6-18/h1-4,14H,5-12H2. The Morgan fingerprint density at radius 1 is 1.17 bits per heavy atom. The van der Waals surface area contributed by atoms with Gasteiger partial charge in [-0.1, -0.05) is 12.1 Å². The molecule has 6 nitrogen and oxygen atoms in total. The zero-order valence-electron chi connectivity index (χ0n) is 13.4. The molecular weight excluding hydrogens is 352 g/mol. The Morgan fingerprint density at radius 3 is 2.46 bits per heavy atom. The molecule has 1 amide bonds. The van der Waals surface area contributed by atoms with E-state index in [0.29, 0.717) is 6.54 Å². The predicted octanol–water partition coefficient (Wildman–Crippen LogP) is 1.44. The third-order valence-electron chi connectivity index (χ3n) is 4.40. The lowest BCUT2D eigenvalue weighted by Crippen LogP contribution is -2.35. The number of carbonyl (C=O) groups excluding carboxylic acids is 1. The molecule has 0 aromatic heterocycles. The molecule has 0 radical (unpaired) electrons. The first kappa shape index (κ1) is 17.7. The monoisotopic (exact) mass is 372 g/mol. The minimum Gasteiger partial charge on any atom is -0.379 e. The summed E-state index contributed by atoms with van der Waals surface area (Å²) < 4.78 is 27.7. The molecule has 2 aliphatic rings. The average Bonchev–Trinajstić information content (AvgIpc) is 2.87. The lowest BCUT2D eigenvalue weighted by molar-refractivity contribution is -0.117. The van der Waals surface area contributed by atoms with Gasteiger partial charge in [0.15, 0.2) is 0 Å². The molecule has 1 atom stereocenters. The van der Waals surface area contributed by atoms with Gasteiger partial charge < -0.3 is 9.64 Å². The molecule has 3 rings (SSSR count). The Bertz CT molecular complexity index is 687. The number of benzene rings is 1. The van der Waals surface area contributed by atoms with Gasteiger partial charge in [-0.05, 0) is 17.7 Å². The van der Waals surface area contributed by atoms with Crippen molar-refractivity contribution in [3.05, 3.63) is 29.8 Å². The first-order valence-corrected chi connectivity index (χ1v) is 10.5. The van der Waals surface area contributed by atoms with Crippen LogP contribution in [-0.2, 0) is 25.1 Å². The molecule has 132 valence electrons. The molecule has 0 aliphatic carbocycles. The number of hydrogen-bond acceptors (Lipinski definition) is 5. The van der Waals surface area contributed by atoms with E-state index >= 15 is 0 Å². The number of anilines is 1. The molecule has 2 saturated heterocycles. The summed E-state index contributed by atoms with van der Waals surface area (Å²) in [7, 11) is 1.71. The zero-order valence-corrected chi connectivity index (χ0v) is 14.9. The van der Waals surface area contributed by atoms with Crippen molar-refractivity contribution >= 4 is 31.3 Å². The zero-order chi connectivity index (χ0) is 17.2. The van der Waals surface area contributed by atoms with Gasteiger partial charge >= 0.3 is 0 Å². The highest BCUT2D eigenvalue weighted by molar-refractivity contribution is 8.13. The summed E-state index contributed by atoms with van der Waals surface area (Å²) in [4.78, 5) is 16.1. The molecule has 24 heavy (non-hydrogen) atoms. The number of halogens is 1. The smallest absolute Gasteiger partial charge is 0.232 e. The first-order chi connectivity index (χ1) is 11.4. The van der Waals surface area contributed by atoms with Crippen molar-refractivity contribution < 1.29 is 17.9 Å². The third-order valence-corrected chi connectivity index (χ3v) is 5.65. The van der Waals surface area contributed by atoms with Gasteiger partial charge in [0.1, 0.15) is 0 Å². The number of amides is 1. The predicted molar refractivity (Wildman–Crippen MR) is 92.6 cm³/mol. The van der Waals surface area contributed by atoms with E-state index in [4.69, 9.17) is 15.4 Å². The van der Waals surface area contributed by atoms with Crippen molar-refractivity contribution in [1.29, 1.82) is 0 Å². The lowest BCUT2D eigenvalue weighted by atomic mass is 10.1.